The van der Waals surface area contributed by atoms with Gasteiger partial charge in [-0.3, -0.25) is 38.6 Å². The first kappa shape index (κ1) is 79.0. The predicted molar refractivity (Wildman–Crippen MR) is 401 cm³/mol. The summed E-state index contributed by atoms with van der Waals surface area (Å²) >= 11 is 3.10. The van der Waals surface area contributed by atoms with Gasteiger partial charge in [-0.05, 0) is 190 Å². The highest BCUT2D eigenvalue weighted by Crippen LogP contribution is 2.41. The van der Waals surface area contributed by atoms with Crippen molar-refractivity contribution in [1.29, 1.82) is 0 Å². The monoisotopic (exact) mass is 1420 g/mol. The molecule has 4 heterocycles. The van der Waals surface area contributed by atoms with Gasteiger partial charge < -0.3 is 39.4 Å². The van der Waals surface area contributed by atoms with Gasteiger partial charge in [-0.2, -0.15) is 0 Å². The normalized spacial score (nSPS) is 11.7. The minimum absolute atomic E-state index is 0. The summed E-state index contributed by atoms with van der Waals surface area (Å²) in [5.74, 6) is -0.902. The minimum Gasteiger partial charge on any atom is -0.506 e. The zero-order valence-corrected chi connectivity index (χ0v) is 60.4. The van der Waals surface area contributed by atoms with Crippen LogP contribution in [0.2, 0.25) is 0 Å². The highest BCUT2D eigenvalue weighted by atomic mass is 32.1. The van der Waals surface area contributed by atoms with Crippen molar-refractivity contribution in [3.05, 3.63) is 190 Å². The summed E-state index contributed by atoms with van der Waals surface area (Å²) in [5, 5.41) is 21.6. The van der Waals surface area contributed by atoms with Crippen molar-refractivity contribution in [2.24, 2.45) is 0 Å². The Kier molecular flexibility index (Phi) is 29.0. The summed E-state index contributed by atoms with van der Waals surface area (Å²) in [7, 11) is 2.63. The van der Waals surface area contributed by atoms with Crippen LogP contribution in [0, 0.1) is 13.8 Å². The SMILES string of the molecule is C.COC(=O)C[C@H](CC(=O)CNC(=O)CCCN(C(=O)OC(C)(C)C)c1cc(C)ccn1)c1ccc(-c2ccc(O)c3sccc23)cc1.COC(=O)C[C@H](CC(=O)CNC(=O)CCCN(C(=O)OC(C)(C)C)c1cc(C)ccn1)c1ccc(-c2ccc(OCc3ccccc3)c3sccc23)cc1. The van der Waals surface area contributed by atoms with Crippen LogP contribution in [0.3, 0.4) is 0 Å². The van der Waals surface area contributed by atoms with Gasteiger partial charge in [0.25, 0.3) is 0 Å². The maximum atomic E-state index is 13.1. The number of thiophene rings is 2. The number of rotatable bonds is 29. The second-order valence-electron chi connectivity index (χ2n) is 26.4. The number of carbonyl (C=O) groups excluding carboxylic acids is 8. The molecule has 0 aliphatic heterocycles. The second kappa shape index (κ2) is 37.4. The largest absolute Gasteiger partial charge is 0.506 e. The molecule has 0 aliphatic carbocycles. The maximum absolute atomic E-state index is 13.1. The number of phenols is 1. The Labute approximate surface area is 604 Å². The van der Waals surface area contributed by atoms with Crippen LogP contribution in [0.15, 0.2) is 163 Å². The van der Waals surface area contributed by atoms with E-state index < -0.39 is 47.2 Å². The Morgan fingerprint density at radius 2 is 0.961 bits per heavy atom. The first-order valence-corrected chi connectivity index (χ1v) is 35.1. The third-order valence-corrected chi connectivity index (χ3v) is 18.0. The zero-order valence-electron chi connectivity index (χ0n) is 58.8. The minimum atomic E-state index is -0.702. The van der Waals surface area contributed by atoms with Crippen molar-refractivity contribution in [2.75, 3.05) is 50.2 Å². The number of anilines is 2. The highest BCUT2D eigenvalue weighted by molar-refractivity contribution is 7.18. The fraction of sp³-hybridized carbons (Fsp3) is 0.350. The quantitative estimate of drug-likeness (QED) is 0.0291. The van der Waals surface area contributed by atoms with Crippen LogP contribution in [-0.4, -0.2) is 114 Å². The van der Waals surface area contributed by atoms with E-state index in [1.807, 2.05) is 128 Å². The number of pyridine rings is 2. The average Bonchev–Trinajstić information content (AvgIpc) is 1.52. The number of amides is 4. The summed E-state index contributed by atoms with van der Waals surface area (Å²) in [4.78, 5) is 114. The van der Waals surface area contributed by atoms with E-state index in [1.54, 1.807) is 83.5 Å². The van der Waals surface area contributed by atoms with Gasteiger partial charge in [-0.25, -0.2) is 19.6 Å². The second-order valence-corrected chi connectivity index (χ2v) is 28.3. The number of esters is 2. The third-order valence-electron chi connectivity index (χ3n) is 16.1. The Morgan fingerprint density at radius 3 is 1.39 bits per heavy atom. The lowest BCUT2D eigenvalue weighted by Gasteiger charge is -2.27. The Balaban J connectivity index is 0.000000286. The molecule has 0 saturated carbocycles. The highest BCUT2D eigenvalue weighted by Gasteiger charge is 2.28. The van der Waals surface area contributed by atoms with Crippen LogP contribution in [-0.2, 0) is 54.3 Å². The van der Waals surface area contributed by atoms with Gasteiger partial charge in [-0.15, -0.1) is 22.7 Å². The molecule has 22 heteroatoms. The van der Waals surface area contributed by atoms with Gasteiger partial charge in [0.15, 0.2) is 11.6 Å². The molecule has 0 fully saturated rings. The molecule has 0 aliphatic rings. The van der Waals surface area contributed by atoms with E-state index in [4.69, 9.17) is 23.7 Å². The number of aryl methyl sites for hydroxylation is 2. The Morgan fingerprint density at radius 1 is 0.529 bits per heavy atom. The summed E-state index contributed by atoms with van der Waals surface area (Å²) in [5.41, 5.74) is 7.13. The van der Waals surface area contributed by atoms with E-state index in [2.05, 4.69) is 38.1 Å². The fourth-order valence-corrected chi connectivity index (χ4v) is 12.8. The number of phenolic OH excluding ortho intramolecular Hbond substituents is 1. The summed E-state index contributed by atoms with van der Waals surface area (Å²) in [6.07, 6.45) is 3.05. The van der Waals surface area contributed by atoms with Crippen LogP contribution in [0.4, 0.5) is 21.2 Å². The van der Waals surface area contributed by atoms with Crippen LogP contribution < -0.4 is 25.2 Å². The van der Waals surface area contributed by atoms with Gasteiger partial charge in [0.05, 0.1) is 49.6 Å². The maximum Gasteiger partial charge on any atom is 0.416 e. The number of methoxy groups -OCH3 is 2. The number of hydrogen-bond acceptors (Lipinski definition) is 18. The van der Waals surface area contributed by atoms with Gasteiger partial charge in [0, 0.05) is 73.8 Å². The molecular formula is C80H92N6O14S2. The summed E-state index contributed by atoms with van der Waals surface area (Å²) < 4.78 is 29.0. The lowest BCUT2D eigenvalue weighted by molar-refractivity contribution is -0.142. The standard InChI is InChI=1S/C43H47N3O7S.C36H41N3O7S.CH4/c1-29-19-21-44-38(24-29)46(42(50)53-43(2,3)4)22-9-12-39(48)45-27-34(47)25-33(26-40(49)51-5)31-13-15-32(16-14-31)35-17-18-37(41-36(35)20-23-54-41)52-28-30-10-7-6-8-11-30;1-23-14-16-37-31(19-23)39(35(44)46-36(2,3)4)17-6-7-32(42)38-22-27(40)20-26(21-33(43)45-5)24-8-10-25(11-9-24)28-12-13-30(41)34-29(28)15-18-47-34;/h6-8,10-11,13-21,23-24,33H,9,12,22,25-28H2,1-5H3,(H,45,48);8-16,18-19,26,41H,6-7,17,20-22H2,1-5H3,(H,38,42);1H4/t33-;26-;/m00./s1. The molecule has 102 heavy (non-hydrogen) atoms. The summed E-state index contributed by atoms with van der Waals surface area (Å²) in [6.45, 7) is 15.0. The Bertz CT molecular complexity index is 4330. The zero-order chi connectivity index (χ0) is 72.8. The topological polar surface area (TPSA) is 259 Å². The van der Waals surface area contributed by atoms with E-state index in [0.717, 1.165) is 76.0 Å². The van der Waals surface area contributed by atoms with Gasteiger partial charge >= 0.3 is 24.1 Å². The number of hydrogen-bond donors (Lipinski definition) is 3. The van der Waals surface area contributed by atoms with Crippen LogP contribution in [0.25, 0.3) is 42.4 Å². The van der Waals surface area contributed by atoms with E-state index in [9.17, 15) is 43.5 Å². The molecular weight excluding hydrogens is 1330 g/mol. The number of benzene rings is 5. The van der Waals surface area contributed by atoms with Crippen LogP contribution in [0.1, 0.15) is 140 Å². The molecule has 0 saturated heterocycles. The van der Waals surface area contributed by atoms with E-state index in [-0.39, 0.29) is 101 Å². The number of aromatic nitrogens is 2. The molecule has 9 rings (SSSR count). The smallest absolute Gasteiger partial charge is 0.416 e. The molecule has 9 aromatic rings. The molecule has 4 amide bonds. The van der Waals surface area contributed by atoms with E-state index >= 15 is 0 Å². The molecule has 2 atom stereocenters. The van der Waals surface area contributed by atoms with Gasteiger partial charge in [-0.1, -0.05) is 86.3 Å². The molecule has 0 radical (unpaired) electrons. The first-order chi connectivity index (χ1) is 48.2. The van der Waals surface area contributed by atoms with Crippen molar-refractivity contribution in [1.82, 2.24) is 20.6 Å². The van der Waals surface area contributed by atoms with E-state index in [1.165, 1.54) is 35.4 Å². The Hall–Kier alpha value is -10.3. The van der Waals surface area contributed by atoms with Crippen molar-refractivity contribution >= 4 is 102 Å². The van der Waals surface area contributed by atoms with Crippen molar-refractivity contribution in [3.63, 3.8) is 0 Å². The van der Waals surface area contributed by atoms with Crippen molar-refractivity contribution < 1.29 is 67.1 Å². The van der Waals surface area contributed by atoms with E-state index in [0.29, 0.717) is 31.1 Å². The first-order valence-electron chi connectivity index (χ1n) is 33.4. The molecule has 3 N–H and O–H groups in total. The molecule has 0 unspecified atom stereocenters. The molecule has 0 spiro atoms. The molecule has 538 valence electrons. The number of aromatic hydroxyl groups is 1. The average molecular weight is 1430 g/mol. The van der Waals surface area contributed by atoms with Crippen molar-refractivity contribution in [3.8, 4) is 33.8 Å². The fourth-order valence-electron chi connectivity index (χ4n) is 11.1. The number of ketones is 2. The predicted octanol–water partition coefficient (Wildman–Crippen LogP) is 16.4. The summed E-state index contributed by atoms with van der Waals surface area (Å²) in [6, 6.07) is 44.4. The van der Waals surface area contributed by atoms with Crippen LogP contribution in [0.5, 0.6) is 11.5 Å². The molecule has 0 bridgehead atoms. The molecule has 4 aromatic heterocycles. The lowest BCUT2D eigenvalue weighted by atomic mass is 9.89. The number of ether oxygens (including phenoxy) is 5. The third kappa shape index (κ3) is 23.7. The number of nitrogens with zero attached hydrogens (tertiary/aromatic N) is 4. The number of Topliss-reactive ketones (excluding diaryl/α,β-unsaturated/α-hetero) is 2. The number of nitrogens with one attached hydrogen (secondary N) is 2. The van der Waals surface area contributed by atoms with Gasteiger partial charge in [0.2, 0.25) is 11.8 Å². The van der Waals surface area contributed by atoms with Crippen LogP contribution >= 0.6 is 22.7 Å². The van der Waals surface area contributed by atoms with Crippen molar-refractivity contribution in [2.45, 2.75) is 144 Å². The molecule has 20 nitrogen and oxygen atoms in total. The number of carbonyl (C=O) groups is 8. The van der Waals surface area contributed by atoms with Gasteiger partial charge in [0.1, 0.15) is 40.9 Å². The molecule has 5 aromatic carbocycles. The lowest BCUT2D eigenvalue weighted by Crippen LogP contribution is -2.38. The number of fused-ring (bicyclic) bond motifs is 2.